The lowest BCUT2D eigenvalue weighted by Crippen LogP contribution is -2.53. The van der Waals surface area contributed by atoms with E-state index in [1.54, 1.807) is 0 Å². The number of hydrogen-bond acceptors (Lipinski definition) is 5. The zero-order valence-corrected chi connectivity index (χ0v) is 19.6. The van der Waals surface area contributed by atoms with Crippen molar-refractivity contribution in [3.63, 3.8) is 0 Å². The highest BCUT2D eigenvalue weighted by Crippen LogP contribution is 2.21. The van der Waals surface area contributed by atoms with Gasteiger partial charge in [-0.15, -0.1) is 0 Å². The monoisotopic (exact) mass is 492 g/mol. The molecule has 1 aromatic heterocycles. The molecule has 35 heavy (non-hydrogen) atoms. The summed E-state index contributed by atoms with van der Waals surface area (Å²) in [5.74, 6) is -4.35. The summed E-state index contributed by atoms with van der Waals surface area (Å²) >= 11 is 0. The van der Waals surface area contributed by atoms with Gasteiger partial charge in [0, 0.05) is 23.9 Å². The molecule has 5 N–H and O–H groups in total. The second kappa shape index (κ2) is 11.4. The lowest BCUT2D eigenvalue weighted by atomic mass is 9.90. The zero-order valence-electron chi connectivity index (χ0n) is 19.6. The van der Waals surface area contributed by atoms with E-state index >= 15 is 0 Å². The van der Waals surface area contributed by atoms with Crippen molar-refractivity contribution in [2.75, 3.05) is 13.2 Å². The van der Waals surface area contributed by atoms with Crippen LogP contribution < -0.4 is 16.0 Å². The fourth-order valence-corrected chi connectivity index (χ4v) is 4.22. The number of ketones is 1. The average molecular weight is 493 g/mol. The first-order valence-electron chi connectivity index (χ1n) is 11.6. The number of aromatic amines is 1. The highest BCUT2D eigenvalue weighted by molar-refractivity contribution is 6.01. The van der Waals surface area contributed by atoms with Gasteiger partial charge in [-0.05, 0) is 43.7 Å². The fourth-order valence-electron chi connectivity index (χ4n) is 4.22. The first-order valence-corrected chi connectivity index (χ1v) is 11.6. The number of piperidine rings is 1. The van der Waals surface area contributed by atoms with Crippen LogP contribution in [0.1, 0.15) is 50.0 Å². The molecule has 3 rings (SSSR count). The third-order valence-corrected chi connectivity index (χ3v) is 6.00. The molecule has 1 aliphatic heterocycles. The molecular formula is C24H30F2N4O5. The number of carbonyl (C=O) groups is 4. The van der Waals surface area contributed by atoms with Crippen LogP contribution in [0, 0.1) is 23.5 Å². The number of rotatable bonds is 10. The van der Waals surface area contributed by atoms with Gasteiger partial charge in [-0.25, -0.2) is 8.78 Å². The van der Waals surface area contributed by atoms with Gasteiger partial charge in [0.25, 0.3) is 5.91 Å². The smallest absolute Gasteiger partial charge is 0.268 e. The second-order valence-corrected chi connectivity index (χ2v) is 9.24. The number of fused-ring (bicyclic) bond motifs is 1. The summed E-state index contributed by atoms with van der Waals surface area (Å²) < 4.78 is 27.5. The van der Waals surface area contributed by atoms with Crippen molar-refractivity contribution in [3.05, 3.63) is 35.5 Å². The molecule has 0 bridgehead atoms. The van der Waals surface area contributed by atoms with Crippen molar-refractivity contribution in [2.24, 2.45) is 11.8 Å². The first-order chi connectivity index (χ1) is 16.6. The van der Waals surface area contributed by atoms with Gasteiger partial charge in [0.2, 0.25) is 11.8 Å². The number of aliphatic hydroxyl groups is 1. The number of aliphatic hydroxyl groups excluding tert-OH is 1. The van der Waals surface area contributed by atoms with Crippen molar-refractivity contribution >= 4 is 34.4 Å². The minimum atomic E-state index is -1.10. The normalized spacial score (nSPS) is 17.7. The lowest BCUT2D eigenvalue weighted by molar-refractivity contribution is -0.132. The van der Waals surface area contributed by atoms with Crippen LogP contribution in [0.4, 0.5) is 8.78 Å². The average Bonchev–Trinajstić information content (AvgIpc) is 3.23. The van der Waals surface area contributed by atoms with E-state index in [9.17, 15) is 33.1 Å². The molecule has 1 fully saturated rings. The van der Waals surface area contributed by atoms with Crippen LogP contribution in [0.15, 0.2) is 18.2 Å². The van der Waals surface area contributed by atoms with Crippen LogP contribution in [0.2, 0.25) is 0 Å². The Morgan fingerprint density at radius 2 is 1.89 bits per heavy atom. The zero-order chi connectivity index (χ0) is 25.7. The van der Waals surface area contributed by atoms with E-state index in [4.69, 9.17) is 0 Å². The lowest BCUT2D eigenvalue weighted by Gasteiger charge is -2.27. The minimum Gasteiger partial charge on any atom is -0.389 e. The molecule has 0 radical (unpaired) electrons. The van der Waals surface area contributed by atoms with Crippen LogP contribution >= 0.6 is 0 Å². The van der Waals surface area contributed by atoms with Crippen LogP contribution in [0.5, 0.6) is 0 Å². The van der Waals surface area contributed by atoms with Gasteiger partial charge in [-0.1, -0.05) is 13.8 Å². The number of aromatic nitrogens is 1. The first kappa shape index (κ1) is 26.3. The number of carbonyl (C=O) groups excluding carboxylic acids is 4. The van der Waals surface area contributed by atoms with E-state index in [2.05, 4.69) is 20.9 Å². The van der Waals surface area contributed by atoms with E-state index in [1.807, 2.05) is 13.8 Å². The van der Waals surface area contributed by atoms with Gasteiger partial charge < -0.3 is 26.0 Å². The summed E-state index contributed by atoms with van der Waals surface area (Å²) in [5.41, 5.74) is -0.103. The van der Waals surface area contributed by atoms with Crippen molar-refractivity contribution in [3.8, 4) is 0 Å². The van der Waals surface area contributed by atoms with E-state index in [0.29, 0.717) is 19.0 Å². The molecule has 2 aromatic rings. The van der Waals surface area contributed by atoms with Crippen LogP contribution in [0.3, 0.4) is 0 Å². The molecule has 3 atom stereocenters. The number of nitrogens with one attached hydrogen (secondary N) is 4. The van der Waals surface area contributed by atoms with Gasteiger partial charge in [0.05, 0.1) is 11.6 Å². The molecule has 2 unspecified atom stereocenters. The maximum absolute atomic E-state index is 14.0. The Morgan fingerprint density at radius 3 is 2.54 bits per heavy atom. The molecule has 1 aromatic carbocycles. The Kier molecular flexibility index (Phi) is 8.55. The summed E-state index contributed by atoms with van der Waals surface area (Å²) in [5, 5.41) is 17.4. The highest BCUT2D eigenvalue weighted by atomic mass is 19.1. The van der Waals surface area contributed by atoms with Crippen LogP contribution in [-0.4, -0.2) is 58.8 Å². The molecule has 0 aliphatic carbocycles. The Hall–Kier alpha value is -3.34. The highest BCUT2D eigenvalue weighted by Gasteiger charge is 2.32. The predicted octanol–water partition coefficient (Wildman–Crippen LogP) is 1.55. The van der Waals surface area contributed by atoms with Gasteiger partial charge in [-0.3, -0.25) is 19.2 Å². The molecule has 0 saturated carbocycles. The van der Waals surface area contributed by atoms with E-state index < -0.39 is 53.8 Å². The Balaban J connectivity index is 1.76. The molecule has 11 heteroatoms. The van der Waals surface area contributed by atoms with Gasteiger partial charge in [0.15, 0.2) is 5.78 Å². The molecule has 3 amide bonds. The van der Waals surface area contributed by atoms with Crippen molar-refractivity contribution in [1.29, 1.82) is 0 Å². The molecule has 190 valence electrons. The summed E-state index contributed by atoms with van der Waals surface area (Å²) in [7, 11) is 0. The predicted molar refractivity (Wildman–Crippen MR) is 123 cm³/mol. The van der Waals surface area contributed by atoms with Crippen molar-refractivity contribution < 1.29 is 33.1 Å². The molecular weight excluding hydrogens is 462 g/mol. The summed E-state index contributed by atoms with van der Waals surface area (Å²) in [6.07, 6.45) is 1.56. The number of Topliss-reactive ketones (excluding diaryl/α,β-unsaturated/α-hetero) is 1. The van der Waals surface area contributed by atoms with E-state index in [0.717, 1.165) is 12.5 Å². The van der Waals surface area contributed by atoms with Crippen LogP contribution in [-0.2, 0) is 14.4 Å². The molecule has 1 saturated heterocycles. The number of amides is 3. The Bertz CT molecular complexity index is 1120. The number of hydrogen-bond donors (Lipinski definition) is 5. The topological polar surface area (TPSA) is 140 Å². The van der Waals surface area contributed by atoms with Crippen molar-refractivity contribution in [1.82, 2.24) is 20.9 Å². The molecule has 1 aliphatic rings. The third-order valence-electron chi connectivity index (χ3n) is 6.00. The SMILES string of the molecule is CC(C)CC(NC(=O)c1cc2cc(F)cc(F)c2[nH]1)C(=O)NC(C[C@@H]1CCCNC1=O)C(=O)CO. The maximum Gasteiger partial charge on any atom is 0.268 e. The standard InChI is InChI=1S/C24H30F2N4O5/c1-12(2)6-18(30-24(35)19-9-14-7-15(25)10-16(26)21(14)28-19)23(34)29-17(20(32)11-31)8-13-4-3-5-27-22(13)33/h7,9-10,12-13,17-18,28,31H,3-6,8,11H2,1-2H3,(H,27,33)(H,29,34)(H,30,35)/t13-,17?,18?/m0/s1. The summed E-state index contributed by atoms with van der Waals surface area (Å²) in [4.78, 5) is 53.0. The molecule has 9 nitrogen and oxygen atoms in total. The molecule has 0 spiro atoms. The maximum atomic E-state index is 14.0. The summed E-state index contributed by atoms with van der Waals surface area (Å²) in [6, 6.07) is 0.903. The number of halogens is 2. The van der Waals surface area contributed by atoms with Crippen molar-refractivity contribution in [2.45, 2.75) is 51.6 Å². The Morgan fingerprint density at radius 1 is 1.14 bits per heavy atom. The second-order valence-electron chi connectivity index (χ2n) is 9.24. The quantitative estimate of drug-likeness (QED) is 0.342. The Labute approximate surface area is 201 Å². The van der Waals surface area contributed by atoms with E-state index in [1.165, 1.54) is 6.07 Å². The number of H-pyrrole nitrogens is 1. The fraction of sp³-hybridized carbons (Fsp3) is 0.500. The van der Waals surface area contributed by atoms with E-state index in [-0.39, 0.29) is 41.3 Å². The number of benzene rings is 1. The largest absolute Gasteiger partial charge is 0.389 e. The van der Waals surface area contributed by atoms with Gasteiger partial charge in [-0.2, -0.15) is 0 Å². The minimum absolute atomic E-state index is 0.0172. The van der Waals surface area contributed by atoms with Gasteiger partial charge in [0.1, 0.15) is 30.0 Å². The molecule has 2 heterocycles. The third kappa shape index (κ3) is 6.62. The van der Waals surface area contributed by atoms with Crippen LogP contribution in [0.25, 0.3) is 10.9 Å². The van der Waals surface area contributed by atoms with Gasteiger partial charge >= 0.3 is 0 Å². The summed E-state index contributed by atoms with van der Waals surface area (Å²) in [6.45, 7) is 3.43.